The topological polar surface area (TPSA) is 68.5 Å². The second kappa shape index (κ2) is 7.54. The van der Waals surface area contributed by atoms with E-state index in [1.54, 1.807) is 11.8 Å². The fraction of sp³-hybridized carbons (Fsp3) is 0.429. The maximum absolute atomic E-state index is 4.80. The summed E-state index contributed by atoms with van der Waals surface area (Å²) in [7, 11) is 0. The number of hydrogen-bond acceptors (Lipinski definition) is 6. The summed E-state index contributed by atoms with van der Waals surface area (Å²) in [6, 6.07) is 11.3. The molecule has 2 heterocycles. The van der Waals surface area contributed by atoms with E-state index < -0.39 is 0 Å². The zero-order valence-corrected chi connectivity index (χ0v) is 16.8. The van der Waals surface area contributed by atoms with Gasteiger partial charge in [0.1, 0.15) is 0 Å². The summed E-state index contributed by atoms with van der Waals surface area (Å²) in [5, 5.41) is 13.3. The van der Waals surface area contributed by atoms with Crippen molar-refractivity contribution >= 4 is 28.7 Å². The highest BCUT2D eigenvalue weighted by atomic mass is 32.2. The van der Waals surface area contributed by atoms with Gasteiger partial charge in [0.05, 0.1) is 6.04 Å². The first-order valence-corrected chi connectivity index (χ1v) is 11.1. The molecule has 7 heteroatoms. The lowest BCUT2D eigenvalue weighted by Gasteiger charge is -2.10. The molecule has 0 spiro atoms. The molecule has 0 aliphatic heterocycles. The third kappa shape index (κ3) is 3.39. The highest BCUT2D eigenvalue weighted by Crippen LogP contribution is 2.43. The van der Waals surface area contributed by atoms with Gasteiger partial charge in [-0.15, -0.1) is 5.10 Å². The summed E-state index contributed by atoms with van der Waals surface area (Å²) in [6.45, 7) is 2.18. The summed E-state index contributed by atoms with van der Waals surface area (Å²) in [5.74, 6) is 2.36. The number of thioether (sulfide) groups is 1. The van der Waals surface area contributed by atoms with Crippen molar-refractivity contribution in [2.24, 2.45) is 0 Å². The van der Waals surface area contributed by atoms with Crippen LogP contribution in [0, 0.1) is 0 Å². The predicted molar refractivity (Wildman–Crippen MR) is 113 cm³/mol. The van der Waals surface area contributed by atoms with Crippen molar-refractivity contribution in [3.05, 3.63) is 48.0 Å². The van der Waals surface area contributed by atoms with Crippen LogP contribution in [-0.4, -0.2) is 36.8 Å². The number of rotatable bonds is 7. The standard InChI is InChI=1S/C21H24N6S/c1-2-12-28-21-23-19(22-17-13-16(17)14-8-4-3-5-9-14)18-20(24-21)27(26-25-18)15-10-6-7-11-15/h3-6,8-10,15-17H,2,7,11-13H2,1H3,(H,22,23,24)/t15?,16-,17+/m0/s1. The number of hydrogen-bond donors (Lipinski definition) is 1. The molecule has 3 atom stereocenters. The third-order valence-electron chi connectivity index (χ3n) is 5.38. The van der Waals surface area contributed by atoms with Crippen molar-refractivity contribution in [2.75, 3.05) is 11.1 Å². The van der Waals surface area contributed by atoms with E-state index in [4.69, 9.17) is 9.97 Å². The molecule has 6 nitrogen and oxygen atoms in total. The lowest BCUT2D eigenvalue weighted by Crippen LogP contribution is -2.10. The maximum Gasteiger partial charge on any atom is 0.191 e. The molecule has 2 aromatic heterocycles. The third-order valence-corrected chi connectivity index (χ3v) is 6.43. The molecule has 2 aliphatic carbocycles. The van der Waals surface area contributed by atoms with Crippen LogP contribution in [0.2, 0.25) is 0 Å². The first-order chi connectivity index (χ1) is 13.8. The van der Waals surface area contributed by atoms with Crippen molar-refractivity contribution < 1.29 is 0 Å². The molecule has 2 aliphatic rings. The van der Waals surface area contributed by atoms with Gasteiger partial charge in [-0.2, -0.15) is 0 Å². The Labute approximate surface area is 168 Å². The number of nitrogens with one attached hydrogen (secondary N) is 1. The van der Waals surface area contributed by atoms with Gasteiger partial charge in [0.25, 0.3) is 0 Å². The smallest absolute Gasteiger partial charge is 0.191 e. The second-order valence-electron chi connectivity index (χ2n) is 7.49. The SMILES string of the molecule is CCCSc1nc(N[C@@H]2C[C@H]2c2ccccc2)c2nnn(C3C=CCC3)c2n1. The average Bonchev–Trinajstić information content (AvgIpc) is 3.10. The molecule has 28 heavy (non-hydrogen) atoms. The van der Waals surface area contributed by atoms with Gasteiger partial charge in [0.2, 0.25) is 0 Å². The van der Waals surface area contributed by atoms with E-state index in [-0.39, 0.29) is 6.04 Å². The number of fused-ring (bicyclic) bond motifs is 1. The van der Waals surface area contributed by atoms with Gasteiger partial charge in [0, 0.05) is 17.7 Å². The minimum atomic E-state index is 0.245. The summed E-state index contributed by atoms with van der Waals surface area (Å²) in [4.78, 5) is 9.59. The van der Waals surface area contributed by atoms with Gasteiger partial charge in [-0.05, 0) is 31.2 Å². The van der Waals surface area contributed by atoms with Crippen LogP contribution in [0.5, 0.6) is 0 Å². The van der Waals surface area contributed by atoms with Crippen LogP contribution in [0.1, 0.15) is 50.1 Å². The van der Waals surface area contributed by atoms with Crippen LogP contribution >= 0.6 is 11.8 Å². The van der Waals surface area contributed by atoms with E-state index in [0.29, 0.717) is 12.0 Å². The van der Waals surface area contributed by atoms with Gasteiger partial charge in [0.15, 0.2) is 22.1 Å². The van der Waals surface area contributed by atoms with Crippen molar-refractivity contribution in [2.45, 2.75) is 55.8 Å². The summed E-state index contributed by atoms with van der Waals surface area (Å²) in [6.07, 6.45) is 8.76. The van der Waals surface area contributed by atoms with E-state index in [0.717, 1.165) is 53.6 Å². The highest BCUT2D eigenvalue weighted by molar-refractivity contribution is 7.99. The van der Waals surface area contributed by atoms with Gasteiger partial charge in [-0.25, -0.2) is 14.6 Å². The fourth-order valence-electron chi connectivity index (χ4n) is 3.81. The molecule has 1 saturated carbocycles. The van der Waals surface area contributed by atoms with E-state index in [1.165, 1.54) is 5.56 Å². The van der Waals surface area contributed by atoms with Gasteiger partial charge in [-0.3, -0.25) is 0 Å². The van der Waals surface area contributed by atoms with E-state index in [2.05, 4.69) is 65.0 Å². The number of anilines is 1. The lowest BCUT2D eigenvalue weighted by molar-refractivity contribution is 0.523. The number of nitrogens with zero attached hydrogens (tertiary/aromatic N) is 5. The molecule has 0 bridgehead atoms. The first-order valence-electron chi connectivity index (χ1n) is 10.1. The molecule has 144 valence electrons. The van der Waals surface area contributed by atoms with Crippen molar-refractivity contribution in [1.82, 2.24) is 25.0 Å². The Kier molecular flexibility index (Phi) is 4.76. The monoisotopic (exact) mass is 392 g/mol. The summed E-state index contributed by atoms with van der Waals surface area (Å²) in [5.41, 5.74) is 3.00. The Morgan fingerprint density at radius 1 is 1.21 bits per heavy atom. The van der Waals surface area contributed by atoms with Gasteiger partial charge < -0.3 is 5.32 Å². The van der Waals surface area contributed by atoms with Gasteiger partial charge >= 0.3 is 0 Å². The molecule has 1 N–H and O–H groups in total. The largest absolute Gasteiger partial charge is 0.365 e. The normalized spacial score (nSPS) is 23.4. The quantitative estimate of drug-likeness (QED) is 0.360. The zero-order chi connectivity index (χ0) is 18.9. The van der Waals surface area contributed by atoms with Crippen LogP contribution < -0.4 is 5.32 Å². The van der Waals surface area contributed by atoms with E-state index >= 15 is 0 Å². The minimum Gasteiger partial charge on any atom is -0.365 e. The Bertz CT molecular complexity index is 999. The molecule has 5 rings (SSSR count). The molecule has 0 saturated heterocycles. The Morgan fingerprint density at radius 3 is 2.89 bits per heavy atom. The number of aromatic nitrogens is 5. The highest BCUT2D eigenvalue weighted by Gasteiger charge is 2.39. The number of benzene rings is 1. The van der Waals surface area contributed by atoms with Crippen LogP contribution in [0.15, 0.2) is 47.6 Å². The van der Waals surface area contributed by atoms with Crippen LogP contribution in [-0.2, 0) is 0 Å². The minimum absolute atomic E-state index is 0.245. The molecule has 1 fully saturated rings. The van der Waals surface area contributed by atoms with Crippen molar-refractivity contribution in [3.63, 3.8) is 0 Å². The van der Waals surface area contributed by atoms with E-state index in [9.17, 15) is 0 Å². The Hall–Kier alpha value is -2.41. The molecule has 0 amide bonds. The molecular formula is C21H24N6S. The Balaban J connectivity index is 1.46. The molecule has 0 radical (unpaired) electrons. The van der Waals surface area contributed by atoms with Gasteiger partial charge in [-0.1, -0.05) is 66.4 Å². The average molecular weight is 393 g/mol. The second-order valence-corrected chi connectivity index (χ2v) is 8.55. The maximum atomic E-state index is 4.80. The molecule has 3 aromatic rings. The molecular weight excluding hydrogens is 368 g/mol. The van der Waals surface area contributed by atoms with Crippen molar-refractivity contribution in [1.29, 1.82) is 0 Å². The lowest BCUT2D eigenvalue weighted by atomic mass is 10.1. The number of allylic oxidation sites excluding steroid dienone is 2. The predicted octanol–water partition coefficient (Wildman–Crippen LogP) is 4.58. The van der Waals surface area contributed by atoms with Crippen molar-refractivity contribution in [3.8, 4) is 0 Å². The van der Waals surface area contributed by atoms with E-state index in [1.807, 2.05) is 4.68 Å². The zero-order valence-electron chi connectivity index (χ0n) is 16.0. The summed E-state index contributed by atoms with van der Waals surface area (Å²) >= 11 is 1.70. The Morgan fingerprint density at radius 2 is 2.11 bits per heavy atom. The fourth-order valence-corrected chi connectivity index (χ4v) is 4.50. The molecule has 1 aromatic carbocycles. The van der Waals surface area contributed by atoms with Crippen LogP contribution in [0.25, 0.3) is 11.2 Å². The first kappa shape index (κ1) is 17.7. The summed E-state index contributed by atoms with van der Waals surface area (Å²) < 4.78 is 1.96. The van der Waals surface area contributed by atoms with Crippen LogP contribution in [0.3, 0.4) is 0 Å². The van der Waals surface area contributed by atoms with Crippen LogP contribution in [0.4, 0.5) is 5.82 Å². The molecule has 1 unspecified atom stereocenters.